The first-order valence-corrected chi connectivity index (χ1v) is 7.96. The van der Waals surface area contributed by atoms with Crippen molar-refractivity contribution in [3.05, 3.63) is 70.4 Å². The molecule has 0 radical (unpaired) electrons. The molecular formula is C18H14ClF2N3O. The van der Waals surface area contributed by atoms with E-state index in [9.17, 15) is 13.6 Å². The first-order valence-electron chi connectivity index (χ1n) is 7.58. The maximum atomic E-state index is 13.3. The van der Waals surface area contributed by atoms with Gasteiger partial charge in [0.1, 0.15) is 17.3 Å². The summed E-state index contributed by atoms with van der Waals surface area (Å²) in [5.74, 6) is -2.26. The number of carbonyl (C=O) groups is 1. The molecule has 0 unspecified atom stereocenters. The third kappa shape index (κ3) is 3.69. The van der Waals surface area contributed by atoms with Gasteiger partial charge in [0.2, 0.25) is 0 Å². The third-order valence-electron chi connectivity index (χ3n) is 3.66. The van der Waals surface area contributed by atoms with E-state index < -0.39 is 17.5 Å². The van der Waals surface area contributed by atoms with Gasteiger partial charge in [0.25, 0.3) is 5.91 Å². The lowest BCUT2D eigenvalue weighted by Crippen LogP contribution is -2.14. The number of carbonyl (C=O) groups excluding carboxylic acids is 1. The van der Waals surface area contributed by atoms with Crippen molar-refractivity contribution in [2.45, 2.75) is 13.3 Å². The fourth-order valence-corrected chi connectivity index (χ4v) is 2.67. The molecular weight excluding hydrogens is 348 g/mol. The Hall–Kier alpha value is -2.73. The van der Waals surface area contributed by atoms with Crippen molar-refractivity contribution >= 4 is 23.2 Å². The summed E-state index contributed by atoms with van der Waals surface area (Å²) in [4.78, 5) is 12.4. The van der Waals surface area contributed by atoms with E-state index in [-0.39, 0.29) is 5.56 Å². The van der Waals surface area contributed by atoms with Gasteiger partial charge in [0, 0.05) is 22.2 Å². The van der Waals surface area contributed by atoms with E-state index in [1.807, 2.05) is 6.92 Å². The fourth-order valence-electron chi connectivity index (χ4n) is 2.48. The smallest absolute Gasteiger partial charge is 0.255 e. The highest BCUT2D eigenvalue weighted by Gasteiger charge is 2.18. The SMILES string of the molecule is CCc1[nH]nc(-c2cccc(Cl)c2)c1NC(=O)c1cc(F)cc(F)c1. The number of aromatic nitrogens is 2. The summed E-state index contributed by atoms with van der Waals surface area (Å²) in [6.45, 7) is 1.90. The Bertz CT molecular complexity index is 920. The minimum atomic E-state index is -0.817. The number of benzene rings is 2. The number of amides is 1. The molecule has 0 atom stereocenters. The van der Waals surface area contributed by atoms with Crippen molar-refractivity contribution in [3.63, 3.8) is 0 Å². The van der Waals surface area contributed by atoms with Crippen LogP contribution in [0.4, 0.5) is 14.5 Å². The van der Waals surface area contributed by atoms with Crippen LogP contribution >= 0.6 is 11.6 Å². The van der Waals surface area contributed by atoms with E-state index >= 15 is 0 Å². The lowest BCUT2D eigenvalue weighted by atomic mass is 10.1. The van der Waals surface area contributed by atoms with Crippen LogP contribution in [0.5, 0.6) is 0 Å². The summed E-state index contributed by atoms with van der Waals surface area (Å²) in [6, 6.07) is 9.68. The Kier molecular flexibility index (Phi) is 4.81. The topological polar surface area (TPSA) is 57.8 Å². The van der Waals surface area contributed by atoms with Gasteiger partial charge in [-0.3, -0.25) is 9.89 Å². The Morgan fingerprint density at radius 3 is 2.56 bits per heavy atom. The summed E-state index contributed by atoms with van der Waals surface area (Å²) < 4.78 is 26.7. The summed E-state index contributed by atoms with van der Waals surface area (Å²) in [5, 5.41) is 10.3. The molecule has 0 bridgehead atoms. The number of halogens is 3. The zero-order chi connectivity index (χ0) is 18.0. The number of H-pyrrole nitrogens is 1. The molecule has 0 aliphatic heterocycles. The Labute approximate surface area is 147 Å². The number of nitrogens with one attached hydrogen (secondary N) is 2. The minimum absolute atomic E-state index is 0.113. The zero-order valence-electron chi connectivity index (χ0n) is 13.2. The van der Waals surface area contributed by atoms with E-state index in [2.05, 4.69) is 15.5 Å². The number of nitrogens with zero attached hydrogens (tertiary/aromatic N) is 1. The van der Waals surface area contributed by atoms with Crippen LogP contribution in [0.3, 0.4) is 0 Å². The van der Waals surface area contributed by atoms with Crippen LogP contribution in [0, 0.1) is 11.6 Å². The molecule has 0 spiro atoms. The van der Waals surface area contributed by atoms with Crippen LogP contribution in [0.25, 0.3) is 11.3 Å². The van der Waals surface area contributed by atoms with Gasteiger partial charge in [-0.15, -0.1) is 0 Å². The molecule has 0 aliphatic carbocycles. The fraction of sp³-hybridized carbons (Fsp3) is 0.111. The van der Waals surface area contributed by atoms with Crippen LogP contribution < -0.4 is 5.32 Å². The highest BCUT2D eigenvalue weighted by atomic mass is 35.5. The summed E-state index contributed by atoms with van der Waals surface area (Å²) in [6.07, 6.45) is 0.584. The maximum Gasteiger partial charge on any atom is 0.255 e. The first kappa shape index (κ1) is 17.1. The van der Waals surface area contributed by atoms with Gasteiger partial charge in [0.05, 0.1) is 11.4 Å². The van der Waals surface area contributed by atoms with Gasteiger partial charge in [-0.05, 0) is 30.7 Å². The van der Waals surface area contributed by atoms with Crippen LogP contribution in [-0.2, 0) is 6.42 Å². The number of hydrogen-bond donors (Lipinski definition) is 2. The number of anilines is 1. The second-order valence-electron chi connectivity index (χ2n) is 5.40. The van der Waals surface area contributed by atoms with Crippen LogP contribution in [0.2, 0.25) is 5.02 Å². The zero-order valence-corrected chi connectivity index (χ0v) is 14.0. The van der Waals surface area contributed by atoms with Crippen molar-refractivity contribution in [3.8, 4) is 11.3 Å². The van der Waals surface area contributed by atoms with Crippen molar-refractivity contribution in [1.29, 1.82) is 0 Å². The van der Waals surface area contributed by atoms with E-state index in [0.717, 1.165) is 12.1 Å². The van der Waals surface area contributed by atoms with Gasteiger partial charge in [-0.2, -0.15) is 5.10 Å². The Morgan fingerprint density at radius 1 is 1.20 bits per heavy atom. The third-order valence-corrected chi connectivity index (χ3v) is 3.89. The molecule has 1 amide bonds. The molecule has 1 heterocycles. The summed E-state index contributed by atoms with van der Waals surface area (Å²) >= 11 is 6.02. The van der Waals surface area contributed by atoms with Crippen molar-refractivity contribution in [1.82, 2.24) is 10.2 Å². The molecule has 7 heteroatoms. The number of aromatic amines is 1. The van der Waals surface area contributed by atoms with Gasteiger partial charge in [-0.1, -0.05) is 30.7 Å². The minimum Gasteiger partial charge on any atom is -0.319 e. The van der Waals surface area contributed by atoms with Crippen LogP contribution in [0.1, 0.15) is 23.0 Å². The quantitative estimate of drug-likeness (QED) is 0.699. The second-order valence-corrected chi connectivity index (χ2v) is 5.84. The Morgan fingerprint density at radius 2 is 1.92 bits per heavy atom. The lowest BCUT2D eigenvalue weighted by Gasteiger charge is -2.08. The second kappa shape index (κ2) is 7.03. The standard InChI is InChI=1S/C18H14ClF2N3O/c1-2-15-17(16(24-23-15)10-4-3-5-12(19)6-10)22-18(25)11-7-13(20)9-14(21)8-11/h3-9H,2H2,1H3,(H,22,25)(H,23,24). The van der Waals surface area contributed by atoms with Crippen LogP contribution in [-0.4, -0.2) is 16.1 Å². The molecule has 3 aromatic rings. The highest BCUT2D eigenvalue weighted by Crippen LogP contribution is 2.31. The Balaban J connectivity index is 1.99. The van der Waals surface area contributed by atoms with Crippen molar-refractivity contribution < 1.29 is 13.6 Å². The van der Waals surface area contributed by atoms with Crippen LogP contribution in [0.15, 0.2) is 42.5 Å². The molecule has 0 saturated heterocycles. The largest absolute Gasteiger partial charge is 0.319 e. The highest BCUT2D eigenvalue weighted by molar-refractivity contribution is 6.30. The molecule has 2 aromatic carbocycles. The van der Waals surface area contributed by atoms with Gasteiger partial charge < -0.3 is 5.32 Å². The normalized spacial score (nSPS) is 10.7. The average Bonchev–Trinajstić information content (AvgIpc) is 2.96. The van der Waals surface area contributed by atoms with Crippen molar-refractivity contribution in [2.75, 3.05) is 5.32 Å². The molecule has 4 nitrogen and oxygen atoms in total. The number of aryl methyl sites for hydroxylation is 1. The first-order chi connectivity index (χ1) is 12.0. The molecule has 0 saturated carbocycles. The summed E-state index contributed by atoms with van der Waals surface area (Å²) in [5.41, 5.74) is 2.26. The van der Waals surface area contributed by atoms with Crippen molar-refractivity contribution in [2.24, 2.45) is 0 Å². The van der Waals surface area contributed by atoms with E-state index in [4.69, 9.17) is 11.6 Å². The maximum absolute atomic E-state index is 13.3. The molecule has 3 rings (SSSR count). The average molecular weight is 362 g/mol. The molecule has 25 heavy (non-hydrogen) atoms. The molecule has 2 N–H and O–H groups in total. The number of hydrogen-bond acceptors (Lipinski definition) is 2. The molecule has 128 valence electrons. The molecule has 1 aromatic heterocycles. The van der Waals surface area contributed by atoms with E-state index in [1.165, 1.54) is 0 Å². The number of rotatable bonds is 4. The summed E-state index contributed by atoms with van der Waals surface area (Å²) in [7, 11) is 0. The monoisotopic (exact) mass is 361 g/mol. The van der Waals surface area contributed by atoms with Gasteiger partial charge in [-0.25, -0.2) is 8.78 Å². The predicted octanol–water partition coefficient (Wildman–Crippen LogP) is 4.82. The molecule has 0 fully saturated rings. The predicted molar refractivity (Wildman–Crippen MR) is 92.7 cm³/mol. The van der Waals surface area contributed by atoms with E-state index in [1.54, 1.807) is 24.3 Å². The lowest BCUT2D eigenvalue weighted by molar-refractivity contribution is 0.102. The van der Waals surface area contributed by atoms with Gasteiger partial charge >= 0.3 is 0 Å². The van der Waals surface area contributed by atoms with Gasteiger partial charge in [0.15, 0.2) is 0 Å². The van der Waals surface area contributed by atoms with E-state index in [0.29, 0.717) is 40.1 Å². The molecule has 0 aliphatic rings.